The largest absolute Gasteiger partial charge is 0.396 e. The first-order valence-corrected chi connectivity index (χ1v) is 25.4. The summed E-state index contributed by atoms with van der Waals surface area (Å²) in [6.07, 6.45) is 0.510. The Balaban J connectivity index is 3.44. The van der Waals surface area contributed by atoms with Crippen molar-refractivity contribution in [2.75, 3.05) is 77.4 Å². The molecule has 0 bridgehead atoms. The molecule has 2 unspecified atom stereocenters. The molecule has 0 fully saturated rings. The number of thioether (sulfide) groups is 10. The summed E-state index contributed by atoms with van der Waals surface area (Å²) in [4.78, 5) is 31.6. The van der Waals surface area contributed by atoms with Gasteiger partial charge in [-0.1, -0.05) is 23.5 Å². The standard InChI is InChI=1S/C19H36N4O6S12/c24-2-1-3-40(28)8-20-4-30-11-33-7-23-19(27)39-16-36-13-35-14-37-17-41(29)9-21-5-31-12-32-6-22-18(26)38-15-34-10-25/h8-9,24-25H,1-7,10-17H2,(H,22,26)(H,23,27). The number of hydrogen-bond acceptors (Lipinski definition) is 18. The molecule has 0 spiro atoms. The monoisotopic (exact) mass is 800 g/mol. The molecule has 41 heavy (non-hydrogen) atoms. The van der Waals surface area contributed by atoms with Gasteiger partial charge in [-0.25, -0.2) is 0 Å². The van der Waals surface area contributed by atoms with Crippen molar-refractivity contribution in [1.82, 2.24) is 10.6 Å². The van der Waals surface area contributed by atoms with E-state index in [0.29, 0.717) is 50.9 Å². The van der Waals surface area contributed by atoms with Crippen LogP contribution in [0.1, 0.15) is 6.42 Å². The van der Waals surface area contributed by atoms with Crippen LogP contribution >= 0.6 is 118 Å². The molecule has 10 nitrogen and oxygen atoms in total. The van der Waals surface area contributed by atoms with Crippen molar-refractivity contribution in [1.29, 1.82) is 0 Å². The average molecular weight is 801 g/mol. The Labute approximate surface area is 290 Å². The van der Waals surface area contributed by atoms with Gasteiger partial charge in [0.15, 0.2) is 0 Å². The van der Waals surface area contributed by atoms with Crippen LogP contribution in [0.5, 0.6) is 0 Å². The fourth-order valence-corrected chi connectivity index (χ4v) is 12.8. The Hall–Kier alpha value is 2.00. The predicted molar refractivity (Wildman–Crippen MR) is 203 cm³/mol. The fourth-order valence-electron chi connectivity index (χ4n) is 1.75. The lowest BCUT2D eigenvalue weighted by atomic mass is 10.5. The lowest BCUT2D eigenvalue weighted by Gasteiger charge is -2.04. The molecular weight excluding hydrogens is 765 g/mol. The summed E-state index contributed by atoms with van der Waals surface area (Å²) in [7, 11) is -2.22. The van der Waals surface area contributed by atoms with Gasteiger partial charge in [-0.2, -0.15) is 0 Å². The molecule has 2 atom stereocenters. The van der Waals surface area contributed by atoms with E-state index in [1.807, 2.05) is 0 Å². The summed E-state index contributed by atoms with van der Waals surface area (Å²) in [6, 6.07) is 0. The van der Waals surface area contributed by atoms with Crippen LogP contribution in [0.25, 0.3) is 0 Å². The van der Waals surface area contributed by atoms with Gasteiger partial charge in [-0.15, -0.1) is 94.1 Å². The minimum atomic E-state index is -1.12. The second-order valence-corrected chi connectivity index (χ2v) is 21.4. The van der Waals surface area contributed by atoms with E-state index in [9.17, 15) is 18.0 Å². The van der Waals surface area contributed by atoms with Gasteiger partial charge in [0, 0.05) is 37.8 Å². The molecule has 0 saturated heterocycles. The first-order chi connectivity index (χ1) is 20.0. The Morgan fingerprint density at radius 1 is 0.659 bits per heavy atom. The smallest absolute Gasteiger partial charge is 0.280 e. The Morgan fingerprint density at radius 3 is 1.76 bits per heavy atom. The molecule has 0 rings (SSSR count). The van der Waals surface area contributed by atoms with Gasteiger partial charge >= 0.3 is 0 Å². The number of nitrogens with zero attached hydrogens (tertiary/aromatic N) is 2. The maximum Gasteiger partial charge on any atom is 0.280 e. The Kier molecular flexibility index (Phi) is 36.6. The number of carbonyl (C=O) groups is 2. The molecule has 4 N–H and O–H groups in total. The molecule has 22 heteroatoms. The van der Waals surface area contributed by atoms with Crippen molar-refractivity contribution in [3.8, 4) is 0 Å². The Morgan fingerprint density at radius 2 is 1.17 bits per heavy atom. The summed E-state index contributed by atoms with van der Waals surface area (Å²) in [5, 5.41) is 27.8. The van der Waals surface area contributed by atoms with E-state index in [2.05, 4.69) is 20.6 Å². The second-order valence-electron chi connectivity index (χ2n) is 6.47. The molecule has 0 aromatic rings. The summed E-state index contributed by atoms with van der Waals surface area (Å²) in [5.41, 5.74) is 2.92. The van der Waals surface area contributed by atoms with Gasteiger partial charge in [0.25, 0.3) is 10.5 Å². The first kappa shape index (κ1) is 43.0. The summed E-state index contributed by atoms with van der Waals surface area (Å²) < 4.78 is 23.4. The van der Waals surface area contributed by atoms with E-state index in [0.717, 1.165) is 32.1 Å². The van der Waals surface area contributed by atoms with Crippen molar-refractivity contribution < 1.29 is 28.2 Å². The van der Waals surface area contributed by atoms with E-state index >= 15 is 0 Å². The van der Waals surface area contributed by atoms with Crippen molar-refractivity contribution in [2.45, 2.75) is 6.42 Å². The van der Waals surface area contributed by atoms with Gasteiger partial charge in [-0.05, 0) is 6.42 Å². The van der Waals surface area contributed by atoms with Crippen molar-refractivity contribution >= 4 is 161 Å². The average Bonchev–Trinajstić information content (AvgIpc) is 2.96. The first-order valence-electron chi connectivity index (χ1n) is 11.4. The zero-order chi connectivity index (χ0) is 30.2. The zero-order valence-electron chi connectivity index (χ0n) is 22.1. The number of aliphatic hydroxyl groups excluding tert-OH is 2. The lowest BCUT2D eigenvalue weighted by molar-refractivity contribution is 0.261. The molecule has 0 aliphatic carbocycles. The van der Waals surface area contributed by atoms with Crippen LogP contribution < -0.4 is 10.6 Å². The second kappa shape index (κ2) is 34.9. The minimum Gasteiger partial charge on any atom is -0.396 e. The van der Waals surface area contributed by atoms with Crippen LogP contribution in [0, 0.1) is 0 Å². The molecule has 240 valence electrons. The lowest BCUT2D eigenvalue weighted by Crippen LogP contribution is -2.17. The van der Waals surface area contributed by atoms with Crippen LogP contribution in [0.15, 0.2) is 9.98 Å². The maximum atomic E-state index is 12.0. The quantitative estimate of drug-likeness (QED) is 0.0356. The number of hydrogen-bond donors (Lipinski definition) is 4. The molecule has 0 saturated carbocycles. The summed E-state index contributed by atoms with van der Waals surface area (Å²) >= 11 is 15.0. The molecule has 2 amide bonds. The van der Waals surface area contributed by atoms with Gasteiger partial charge in [0.2, 0.25) is 0 Å². The van der Waals surface area contributed by atoms with Crippen LogP contribution in [-0.4, -0.2) is 118 Å². The van der Waals surface area contributed by atoms with Crippen LogP contribution in [-0.2, 0) is 21.6 Å². The van der Waals surface area contributed by atoms with Gasteiger partial charge in [0.1, 0.15) is 0 Å². The predicted octanol–water partition coefficient (Wildman–Crippen LogP) is 5.16. The molecule has 0 radical (unpaired) electrons. The molecule has 0 aliphatic heterocycles. The van der Waals surface area contributed by atoms with Crippen LogP contribution in [0.4, 0.5) is 9.59 Å². The van der Waals surface area contributed by atoms with Gasteiger partial charge < -0.3 is 20.8 Å². The van der Waals surface area contributed by atoms with Gasteiger partial charge in [0.05, 0.1) is 72.3 Å². The summed E-state index contributed by atoms with van der Waals surface area (Å²) in [6.45, 7) is 0.0363. The third kappa shape index (κ3) is 34.7. The van der Waals surface area contributed by atoms with Gasteiger partial charge in [-0.3, -0.25) is 28.0 Å². The molecule has 0 aromatic heterocycles. The van der Waals surface area contributed by atoms with Crippen molar-refractivity contribution in [2.24, 2.45) is 9.98 Å². The van der Waals surface area contributed by atoms with E-state index in [-0.39, 0.29) is 23.0 Å². The maximum absolute atomic E-state index is 12.0. The van der Waals surface area contributed by atoms with Crippen molar-refractivity contribution in [3.63, 3.8) is 0 Å². The SMILES string of the molecule is O=C(NCSCSCN=CS(=O)CSCSCSCSC(=O)NCSCSCN=CS(=O)CCCO)SCSCO. The third-order valence-electron chi connectivity index (χ3n) is 3.36. The number of carbonyl (C=O) groups excluding carboxylic acids is 2. The normalized spacial score (nSPS) is 13.1. The highest BCUT2D eigenvalue weighted by atomic mass is 32.3. The summed E-state index contributed by atoms with van der Waals surface area (Å²) in [5.74, 6) is 2.54. The van der Waals surface area contributed by atoms with E-state index in [4.69, 9.17) is 10.2 Å². The Bertz CT molecular complexity index is 772. The molecule has 0 aromatic carbocycles. The minimum absolute atomic E-state index is 0.0119. The fraction of sp³-hybridized carbons (Fsp3) is 0.789. The zero-order valence-corrected chi connectivity index (χ0v) is 31.9. The van der Waals surface area contributed by atoms with Crippen molar-refractivity contribution in [3.05, 3.63) is 0 Å². The highest BCUT2D eigenvalue weighted by molar-refractivity contribution is 8.30. The van der Waals surface area contributed by atoms with E-state index in [1.54, 1.807) is 82.3 Å². The van der Waals surface area contributed by atoms with E-state index in [1.165, 1.54) is 34.6 Å². The highest BCUT2D eigenvalue weighted by Crippen LogP contribution is 2.22. The number of rotatable bonds is 28. The number of amides is 2. The van der Waals surface area contributed by atoms with E-state index < -0.39 is 21.6 Å². The molecular formula is C19H36N4O6S12. The number of aliphatic hydroxyl groups is 2. The highest BCUT2D eigenvalue weighted by Gasteiger charge is 2.03. The number of aliphatic imine (C=N–C) groups is 2. The third-order valence-corrected chi connectivity index (χ3v) is 16.4. The van der Waals surface area contributed by atoms with Crippen LogP contribution in [0.2, 0.25) is 0 Å². The molecule has 0 aliphatic rings. The topological polar surface area (TPSA) is 158 Å². The number of nitrogens with one attached hydrogen (secondary N) is 2. The van der Waals surface area contributed by atoms with Crippen LogP contribution in [0.3, 0.4) is 0 Å². The molecule has 0 heterocycles.